The lowest BCUT2D eigenvalue weighted by Crippen LogP contribution is -2.39. The highest BCUT2D eigenvalue weighted by atomic mass is 19.1. The van der Waals surface area contributed by atoms with Crippen LogP contribution in [0.5, 0.6) is 5.75 Å². The molecule has 1 aliphatic rings. The number of para-hydroxylation sites is 2. The Bertz CT molecular complexity index is 1050. The average molecular weight is 396 g/mol. The van der Waals surface area contributed by atoms with E-state index >= 15 is 0 Å². The first kappa shape index (κ1) is 18.9. The summed E-state index contributed by atoms with van der Waals surface area (Å²) in [4.78, 5) is 30.3. The van der Waals surface area contributed by atoms with Gasteiger partial charge in [0.15, 0.2) is 6.61 Å². The van der Waals surface area contributed by atoms with E-state index in [1.165, 1.54) is 18.2 Å². The van der Waals surface area contributed by atoms with Crippen molar-refractivity contribution < 1.29 is 18.7 Å². The number of rotatable bonds is 6. The summed E-state index contributed by atoms with van der Waals surface area (Å²) in [5.41, 5.74) is 2.50. The van der Waals surface area contributed by atoms with E-state index in [0.29, 0.717) is 37.4 Å². The van der Waals surface area contributed by atoms with Crippen molar-refractivity contribution in [2.45, 2.75) is 19.5 Å². The Morgan fingerprint density at radius 3 is 2.97 bits per heavy atom. The molecule has 4 rings (SSSR count). The van der Waals surface area contributed by atoms with Crippen LogP contribution in [0.4, 0.5) is 4.39 Å². The Balaban J connectivity index is 1.28. The summed E-state index contributed by atoms with van der Waals surface area (Å²) < 4.78 is 20.9. The van der Waals surface area contributed by atoms with Gasteiger partial charge >= 0.3 is 0 Å². The molecule has 29 heavy (non-hydrogen) atoms. The molecule has 3 aromatic rings. The highest BCUT2D eigenvalue weighted by Gasteiger charge is 2.21. The van der Waals surface area contributed by atoms with E-state index in [2.05, 4.69) is 10.3 Å². The van der Waals surface area contributed by atoms with Crippen LogP contribution in [0.15, 0.2) is 48.8 Å². The fraction of sp³-hybridized carbons (Fsp3) is 0.286. The quantitative estimate of drug-likeness (QED) is 0.692. The Hall–Kier alpha value is -3.42. The number of benzene rings is 2. The van der Waals surface area contributed by atoms with Gasteiger partial charge in [0.05, 0.1) is 17.4 Å². The molecule has 1 aromatic heterocycles. The predicted octanol–water partition coefficient (Wildman–Crippen LogP) is 2.10. The van der Waals surface area contributed by atoms with Crippen molar-refractivity contribution in [3.05, 3.63) is 60.2 Å². The van der Waals surface area contributed by atoms with E-state index < -0.39 is 0 Å². The third-order valence-corrected chi connectivity index (χ3v) is 4.90. The van der Waals surface area contributed by atoms with Crippen molar-refractivity contribution in [1.82, 2.24) is 19.8 Å². The van der Waals surface area contributed by atoms with Gasteiger partial charge in [0, 0.05) is 38.2 Å². The monoisotopic (exact) mass is 396 g/mol. The number of nitrogens with zero attached hydrogens (tertiary/aromatic N) is 3. The van der Waals surface area contributed by atoms with Crippen molar-refractivity contribution in [3.8, 4) is 5.75 Å². The maximum atomic E-state index is 13.5. The SMILES string of the molecule is O=C(CCn1cnc2ccccc21)NCCN1Cc2cc(F)ccc2OCC1=O. The second-order valence-corrected chi connectivity index (χ2v) is 6.88. The molecule has 1 aliphatic heterocycles. The number of aromatic nitrogens is 2. The molecule has 0 saturated carbocycles. The molecular weight excluding hydrogens is 375 g/mol. The summed E-state index contributed by atoms with van der Waals surface area (Å²) in [5.74, 6) is -0.158. The summed E-state index contributed by atoms with van der Waals surface area (Å²) in [5, 5.41) is 2.84. The van der Waals surface area contributed by atoms with Crippen LogP contribution in [0.2, 0.25) is 0 Å². The number of ether oxygens (including phenoxy) is 1. The normalized spacial score (nSPS) is 13.7. The summed E-state index contributed by atoms with van der Waals surface area (Å²) >= 11 is 0. The van der Waals surface area contributed by atoms with E-state index in [1.54, 1.807) is 11.2 Å². The molecule has 150 valence electrons. The number of nitrogens with one attached hydrogen (secondary N) is 1. The maximum Gasteiger partial charge on any atom is 0.260 e. The number of amides is 2. The van der Waals surface area contributed by atoms with Gasteiger partial charge in [0.2, 0.25) is 5.91 Å². The minimum Gasteiger partial charge on any atom is -0.483 e. The molecular formula is C21H21FN4O3. The van der Waals surface area contributed by atoms with Gasteiger partial charge in [0.1, 0.15) is 11.6 Å². The van der Waals surface area contributed by atoms with Gasteiger partial charge in [-0.25, -0.2) is 9.37 Å². The average Bonchev–Trinajstić information content (AvgIpc) is 3.06. The van der Waals surface area contributed by atoms with Crippen molar-refractivity contribution in [2.24, 2.45) is 0 Å². The van der Waals surface area contributed by atoms with Crippen LogP contribution in [0.25, 0.3) is 11.0 Å². The summed E-state index contributed by atoms with van der Waals surface area (Å²) in [6, 6.07) is 12.0. The molecule has 0 radical (unpaired) electrons. The van der Waals surface area contributed by atoms with E-state index in [4.69, 9.17) is 4.74 Å². The molecule has 1 N–H and O–H groups in total. The van der Waals surface area contributed by atoms with Crippen LogP contribution < -0.4 is 10.1 Å². The van der Waals surface area contributed by atoms with Crippen molar-refractivity contribution >= 4 is 22.8 Å². The Morgan fingerprint density at radius 1 is 1.21 bits per heavy atom. The Morgan fingerprint density at radius 2 is 2.07 bits per heavy atom. The lowest BCUT2D eigenvalue weighted by atomic mass is 10.2. The highest BCUT2D eigenvalue weighted by Crippen LogP contribution is 2.24. The molecule has 0 unspecified atom stereocenters. The molecule has 2 amide bonds. The lowest BCUT2D eigenvalue weighted by Gasteiger charge is -2.20. The second kappa shape index (κ2) is 8.30. The van der Waals surface area contributed by atoms with Gasteiger partial charge in [-0.2, -0.15) is 0 Å². The van der Waals surface area contributed by atoms with E-state index in [0.717, 1.165) is 11.0 Å². The van der Waals surface area contributed by atoms with Gasteiger partial charge in [0.25, 0.3) is 5.91 Å². The van der Waals surface area contributed by atoms with Crippen LogP contribution in [0.1, 0.15) is 12.0 Å². The predicted molar refractivity (Wildman–Crippen MR) is 105 cm³/mol. The van der Waals surface area contributed by atoms with Crippen molar-refractivity contribution in [2.75, 3.05) is 19.7 Å². The molecule has 2 heterocycles. The zero-order chi connectivity index (χ0) is 20.2. The second-order valence-electron chi connectivity index (χ2n) is 6.88. The number of hydrogen-bond donors (Lipinski definition) is 1. The largest absolute Gasteiger partial charge is 0.483 e. The summed E-state index contributed by atoms with van der Waals surface area (Å²) in [7, 11) is 0. The molecule has 0 fully saturated rings. The van der Waals surface area contributed by atoms with Gasteiger partial charge in [-0.05, 0) is 30.3 Å². The number of hydrogen-bond acceptors (Lipinski definition) is 4. The molecule has 0 atom stereocenters. The number of imidazole rings is 1. The Labute approximate surface area is 167 Å². The van der Waals surface area contributed by atoms with E-state index in [-0.39, 0.29) is 30.8 Å². The fourth-order valence-corrected chi connectivity index (χ4v) is 3.37. The topological polar surface area (TPSA) is 76.5 Å². The molecule has 0 bridgehead atoms. The molecule has 0 spiro atoms. The van der Waals surface area contributed by atoms with Crippen LogP contribution in [-0.2, 0) is 22.7 Å². The van der Waals surface area contributed by atoms with Gasteiger partial charge in [-0.1, -0.05) is 12.1 Å². The number of carbonyl (C=O) groups is 2. The molecule has 2 aromatic carbocycles. The summed E-state index contributed by atoms with van der Waals surface area (Å²) in [6.07, 6.45) is 2.04. The minimum absolute atomic E-state index is 0.0969. The summed E-state index contributed by atoms with van der Waals surface area (Å²) in [6.45, 7) is 1.33. The lowest BCUT2D eigenvalue weighted by molar-refractivity contribution is -0.133. The molecule has 7 nitrogen and oxygen atoms in total. The van der Waals surface area contributed by atoms with Crippen LogP contribution >= 0.6 is 0 Å². The zero-order valence-electron chi connectivity index (χ0n) is 15.8. The van der Waals surface area contributed by atoms with Gasteiger partial charge < -0.3 is 19.5 Å². The van der Waals surface area contributed by atoms with Crippen molar-refractivity contribution in [3.63, 3.8) is 0 Å². The number of halogens is 1. The highest BCUT2D eigenvalue weighted by molar-refractivity contribution is 5.79. The third kappa shape index (κ3) is 4.37. The molecule has 0 saturated heterocycles. The molecule has 8 heteroatoms. The van der Waals surface area contributed by atoms with E-state index in [1.807, 2.05) is 28.8 Å². The first-order valence-corrected chi connectivity index (χ1v) is 9.46. The maximum absolute atomic E-state index is 13.5. The number of fused-ring (bicyclic) bond motifs is 2. The van der Waals surface area contributed by atoms with Gasteiger partial charge in [-0.3, -0.25) is 9.59 Å². The number of aryl methyl sites for hydroxylation is 1. The van der Waals surface area contributed by atoms with Crippen LogP contribution in [0.3, 0.4) is 0 Å². The zero-order valence-corrected chi connectivity index (χ0v) is 15.8. The fourth-order valence-electron chi connectivity index (χ4n) is 3.37. The van der Waals surface area contributed by atoms with Crippen LogP contribution in [0, 0.1) is 5.82 Å². The standard InChI is InChI=1S/C21H21FN4O3/c22-16-5-6-19-15(11-16)12-25(21(28)13-29-19)10-8-23-20(27)7-9-26-14-24-17-3-1-2-4-18(17)26/h1-6,11,14H,7-10,12-13H2,(H,23,27). The smallest absolute Gasteiger partial charge is 0.260 e. The van der Waals surface area contributed by atoms with Gasteiger partial charge in [-0.15, -0.1) is 0 Å². The minimum atomic E-state index is -0.373. The first-order chi connectivity index (χ1) is 14.1. The number of carbonyl (C=O) groups excluding carboxylic acids is 2. The van der Waals surface area contributed by atoms with Crippen LogP contribution in [-0.4, -0.2) is 46.0 Å². The van der Waals surface area contributed by atoms with E-state index in [9.17, 15) is 14.0 Å². The molecule has 0 aliphatic carbocycles. The third-order valence-electron chi connectivity index (χ3n) is 4.90. The Kier molecular flexibility index (Phi) is 5.41. The first-order valence-electron chi connectivity index (χ1n) is 9.46. The van der Waals surface area contributed by atoms with Crippen molar-refractivity contribution in [1.29, 1.82) is 0 Å².